The maximum atomic E-state index is 13.7. The van der Waals surface area contributed by atoms with Crippen molar-refractivity contribution in [2.45, 2.75) is 43.9 Å². The van der Waals surface area contributed by atoms with E-state index in [-0.39, 0.29) is 34.3 Å². The number of carbonyl (C=O) groups is 2. The number of nitriles is 1. The number of nitrogens with one attached hydrogen (secondary N) is 1. The number of benzene rings is 2. The van der Waals surface area contributed by atoms with Gasteiger partial charge in [-0.3, -0.25) is 14.5 Å². The Bertz CT molecular complexity index is 1570. The van der Waals surface area contributed by atoms with E-state index in [1.54, 1.807) is 4.90 Å². The van der Waals surface area contributed by atoms with Crippen molar-refractivity contribution in [3.8, 4) is 11.8 Å². The number of rotatable bonds is 8. The number of hydrogen-bond donors (Lipinski definition) is 2. The Morgan fingerprint density at radius 3 is 2.61 bits per heavy atom. The molecule has 1 aromatic heterocycles. The van der Waals surface area contributed by atoms with Gasteiger partial charge in [0.05, 0.1) is 29.9 Å². The van der Waals surface area contributed by atoms with Crippen LogP contribution in [0.4, 0.5) is 10.8 Å². The third-order valence-electron chi connectivity index (χ3n) is 6.88. The van der Waals surface area contributed by atoms with Gasteiger partial charge in [-0.2, -0.15) is 5.26 Å². The average molecular weight is 587 g/mol. The molecule has 3 aromatic rings. The van der Waals surface area contributed by atoms with Gasteiger partial charge in [0.1, 0.15) is 11.6 Å². The Morgan fingerprint density at radius 1 is 1.20 bits per heavy atom. The van der Waals surface area contributed by atoms with Crippen LogP contribution in [0.5, 0.6) is 5.75 Å². The molecule has 9 nitrogen and oxygen atoms in total. The van der Waals surface area contributed by atoms with Crippen molar-refractivity contribution in [3.05, 3.63) is 82.8 Å². The number of thioether (sulfide) groups is 1. The first-order chi connectivity index (χ1) is 19.7. The number of aromatic nitrogens is 2. The summed E-state index contributed by atoms with van der Waals surface area (Å²) in [6.07, 6.45) is 0.933. The molecule has 0 bridgehead atoms. The lowest BCUT2D eigenvalue weighted by atomic mass is 9.68. The highest BCUT2D eigenvalue weighted by atomic mass is 32.2. The van der Waals surface area contributed by atoms with Gasteiger partial charge < -0.3 is 15.8 Å². The number of hydrogen-bond acceptors (Lipinski definition) is 10. The maximum Gasteiger partial charge on any atom is 0.234 e. The van der Waals surface area contributed by atoms with Crippen LogP contribution in [-0.2, 0) is 9.59 Å². The van der Waals surface area contributed by atoms with E-state index in [1.165, 1.54) is 23.1 Å². The zero-order valence-corrected chi connectivity index (χ0v) is 24.6. The molecule has 1 amide bonds. The van der Waals surface area contributed by atoms with Crippen LogP contribution in [0.2, 0.25) is 0 Å². The standard InChI is InChI=1S/C30H30N6O3S2/c1-4-39-20-12-10-18(11-13-20)25-21(16-31)27(32)36(22-14-30(2,3)15-23(37)26(22)25)28-34-35-29(41-28)40-17-24(38)33-19-8-6-5-7-9-19/h5-13,25H,4,14-15,17,32H2,1-3H3,(H,33,38). The fourth-order valence-corrected chi connectivity index (χ4v) is 6.86. The van der Waals surface area contributed by atoms with E-state index >= 15 is 0 Å². The SMILES string of the molecule is CCOc1ccc(C2C(C#N)=C(N)N(c3nnc(SCC(=O)Nc4ccccc4)s3)C3=C2C(=O)CC(C)(C)C3)cc1. The first-order valence-electron chi connectivity index (χ1n) is 13.2. The normalized spacial score (nSPS) is 18.1. The van der Waals surface area contributed by atoms with Crippen molar-refractivity contribution in [1.29, 1.82) is 5.26 Å². The molecule has 0 fully saturated rings. The molecule has 5 rings (SSSR count). The minimum Gasteiger partial charge on any atom is -0.494 e. The number of nitrogens with two attached hydrogens (primary N) is 1. The van der Waals surface area contributed by atoms with E-state index in [0.717, 1.165) is 16.9 Å². The van der Waals surface area contributed by atoms with E-state index in [1.807, 2.05) is 75.4 Å². The van der Waals surface area contributed by atoms with Gasteiger partial charge >= 0.3 is 0 Å². The largest absolute Gasteiger partial charge is 0.494 e. The van der Waals surface area contributed by atoms with E-state index < -0.39 is 5.92 Å². The van der Waals surface area contributed by atoms with Crippen LogP contribution in [0.1, 0.15) is 45.1 Å². The number of anilines is 2. The third kappa shape index (κ3) is 5.99. The summed E-state index contributed by atoms with van der Waals surface area (Å²) >= 11 is 2.53. The highest BCUT2D eigenvalue weighted by Crippen LogP contribution is 2.50. The number of carbonyl (C=O) groups excluding carboxylic acids is 2. The van der Waals surface area contributed by atoms with Crippen molar-refractivity contribution in [1.82, 2.24) is 10.2 Å². The summed E-state index contributed by atoms with van der Waals surface area (Å²) in [5, 5.41) is 22.2. The van der Waals surface area contributed by atoms with Gasteiger partial charge in [-0.15, -0.1) is 10.2 Å². The van der Waals surface area contributed by atoms with E-state index in [9.17, 15) is 14.9 Å². The third-order valence-corrected chi connectivity index (χ3v) is 8.92. The minimum atomic E-state index is -0.589. The summed E-state index contributed by atoms with van der Waals surface area (Å²) < 4.78 is 6.16. The first kappa shape index (κ1) is 28.4. The molecule has 11 heteroatoms. The van der Waals surface area contributed by atoms with Crippen molar-refractivity contribution in [3.63, 3.8) is 0 Å². The molecule has 0 spiro atoms. The second-order valence-corrected chi connectivity index (χ2v) is 12.7. The highest BCUT2D eigenvalue weighted by Gasteiger charge is 2.45. The summed E-state index contributed by atoms with van der Waals surface area (Å²) in [7, 11) is 0. The van der Waals surface area contributed by atoms with Gasteiger partial charge in [0, 0.05) is 23.4 Å². The number of Topliss-reactive ketones (excluding diaryl/α,β-unsaturated/α-hetero) is 1. The molecule has 3 N–H and O–H groups in total. The van der Waals surface area contributed by atoms with E-state index in [4.69, 9.17) is 10.5 Å². The number of para-hydroxylation sites is 1. The molecular weight excluding hydrogens is 557 g/mol. The lowest BCUT2D eigenvalue weighted by Gasteiger charge is -2.42. The lowest BCUT2D eigenvalue weighted by molar-refractivity contribution is -0.118. The summed E-state index contributed by atoms with van der Waals surface area (Å²) in [5.41, 5.74) is 9.50. The molecule has 1 atom stereocenters. The van der Waals surface area contributed by atoms with Gasteiger partial charge in [0.15, 0.2) is 10.1 Å². The molecule has 1 unspecified atom stereocenters. The van der Waals surface area contributed by atoms with Crippen molar-refractivity contribution in [2.75, 3.05) is 22.6 Å². The fraction of sp³-hybridized carbons (Fsp3) is 0.300. The average Bonchev–Trinajstić information content (AvgIpc) is 3.40. The summed E-state index contributed by atoms with van der Waals surface area (Å²) in [5.74, 6) is 0.323. The van der Waals surface area contributed by atoms with Gasteiger partial charge in [-0.25, -0.2) is 0 Å². The Labute approximate surface area is 247 Å². The van der Waals surface area contributed by atoms with Gasteiger partial charge in [0.25, 0.3) is 0 Å². The van der Waals surface area contributed by atoms with Gasteiger partial charge in [0.2, 0.25) is 11.0 Å². The zero-order chi connectivity index (χ0) is 29.1. The maximum absolute atomic E-state index is 13.7. The molecule has 0 radical (unpaired) electrons. The Kier molecular flexibility index (Phi) is 8.15. The minimum absolute atomic E-state index is 0.0166. The number of ether oxygens (including phenoxy) is 1. The smallest absolute Gasteiger partial charge is 0.234 e. The zero-order valence-electron chi connectivity index (χ0n) is 23.0. The van der Waals surface area contributed by atoms with Crippen LogP contribution in [0.3, 0.4) is 0 Å². The molecule has 0 saturated carbocycles. The Morgan fingerprint density at radius 2 is 1.93 bits per heavy atom. The molecule has 2 aliphatic rings. The number of ketones is 1. The van der Waals surface area contributed by atoms with Crippen LogP contribution >= 0.6 is 23.1 Å². The molecule has 1 aliphatic carbocycles. The first-order valence-corrected chi connectivity index (χ1v) is 15.0. The topological polar surface area (TPSA) is 134 Å². The highest BCUT2D eigenvalue weighted by molar-refractivity contribution is 8.01. The fourth-order valence-electron chi connectivity index (χ4n) is 5.18. The van der Waals surface area contributed by atoms with Crippen LogP contribution in [0.15, 0.2) is 81.6 Å². The molecule has 0 saturated heterocycles. The van der Waals surface area contributed by atoms with E-state index in [2.05, 4.69) is 21.6 Å². The van der Waals surface area contributed by atoms with Gasteiger partial charge in [-0.1, -0.05) is 67.3 Å². The van der Waals surface area contributed by atoms with Crippen molar-refractivity contribution >= 4 is 45.6 Å². The molecule has 2 heterocycles. The molecule has 2 aromatic carbocycles. The monoisotopic (exact) mass is 586 g/mol. The number of nitrogens with zero attached hydrogens (tertiary/aromatic N) is 4. The van der Waals surface area contributed by atoms with Crippen molar-refractivity contribution < 1.29 is 14.3 Å². The van der Waals surface area contributed by atoms with Gasteiger partial charge in [-0.05, 0) is 48.6 Å². The van der Waals surface area contributed by atoms with E-state index in [0.29, 0.717) is 40.2 Å². The van der Waals surface area contributed by atoms with Crippen molar-refractivity contribution in [2.24, 2.45) is 11.1 Å². The molecule has 41 heavy (non-hydrogen) atoms. The number of amides is 1. The van der Waals surface area contributed by atoms with Crippen LogP contribution in [0.25, 0.3) is 0 Å². The lowest BCUT2D eigenvalue weighted by Crippen LogP contribution is -2.42. The quantitative estimate of drug-likeness (QED) is 0.323. The molecule has 1 aliphatic heterocycles. The van der Waals surface area contributed by atoms with Crippen LogP contribution in [0, 0.1) is 16.7 Å². The number of allylic oxidation sites excluding steroid dienone is 3. The predicted molar refractivity (Wildman–Crippen MR) is 160 cm³/mol. The second-order valence-electron chi connectivity index (χ2n) is 10.5. The Hall–Kier alpha value is -4.14. The predicted octanol–water partition coefficient (Wildman–Crippen LogP) is 5.61. The summed E-state index contributed by atoms with van der Waals surface area (Å²) in [6, 6.07) is 19.0. The van der Waals surface area contributed by atoms with Crippen LogP contribution < -0.4 is 20.7 Å². The molecule has 210 valence electrons. The molecular formula is C30H30N6O3S2. The van der Waals surface area contributed by atoms with Crippen LogP contribution in [-0.4, -0.2) is 34.2 Å². The summed E-state index contributed by atoms with van der Waals surface area (Å²) in [6.45, 7) is 6.55. The Balaban J connectivity index is 1.47. The summed E-state index contributed by atoms with van der Waals surface area (Å²) in [4.78, 5) is 27.9. The second kappa shape index (κ2) is 11.8.